The van der Waals surface area contributed by atoms with Crippen LogP contribution in [0.2, 0.25) is 0 Å². The molecule has 0 spiro atoms. The molecular weight excluding hydrogens is 180 g/mol. The van der Waals surface area contributed by atoms with Crippen LogP contribution in [0, 0.1) is 11.8 Å². The molecule has 13 heavy (non-hydrogen) atoms. The molecular formula is C10H20O2Si. The molecule has 0 aromatic carbocycles. The standard InChI is InChI=1S/C10H20O2Si/c11-13-12-10(9-6-7-9)3-1-2-8-4-5-8/h8-11H,1-7,13H2. The zero-order chi connectivity index (χ0) is 9.10. The van der Waals surface area contributed by atoms with Gasteiger partial charge in [0, 0.05) is 6.10 Å². The fourth-order valence-corrected chi connectivity index (χ4v) is 2.66. The van der Waals surface area contributed by atoms with E-state index in [1.807, 2.05) is 0 Å². The Hall–Kier alpha value is 0.137. The Balaban J connectivity index is 1.57. The van der Waals surface area contributed by atoms with Crippen LogP contribution >= 0.6 is 0 Å². The first-order valence-corrected chi connectivity index (χ1v) is 6.83. The summed E-state index contributed by atoms with van der Waals surface area (Å²) in [6.07, 6.45) is 9.95. The summed E-state index contributed by atoms with van der Waals surface area (Å²) in [4.78, 5) is 8.85. The summed E-state index contributed by atoms with van der Waals surface area (Å²) in [5.41, 5.74) is 0. The van der Waals surface area contributed by atoms with Gasteiger partial charge >= 0.3 is 10.0 Å². The molecule has 2 aliphatic rings. The van der Waals surface area contributed by atoms with Crippen LogP contribution in [0.25, 0.3) is 0 Å². The van der Waals surface area contributed by atoms with Gasteiger partial charge in [-0.1, -0.05) is 25.7 Å². The number of hydrogen-bond acceptors (Lipinski definition) is 2. The molecule has 0 heterocycles. The van der Waals surface area contributed by atoms with E-state index in [-0.39, 0.29) is 0 Å². The van der Waals surface area contributed by atoms with Gasteiger partial charge in [0.2, 0.25) is 0 Å². The van der Waals surface area contributed by atoms with Gasteiger partial charge in [-0.25, -0.2) is 0 Å². The monoisotopic (exact) mass is 200 g/mol. The van der Waals surface area contributed by atoms with Crippen LogP contribution < -0.4 is 0 Å². The Morgan fingerprint density at radius 2 is 2.08 bits per heavy atom. The van der Waals surface area contributed by atoms with Crippen molar-refractivity contribution < 1.29 is 9.22 Å². The van der Waals surface area contributed by atoms with E-state index in [0.717, 1.165) is 11.8 Å². The number of rotatable bonds is 7. The minimum Gasteiger partial charge on any atom is -0.415 e. The molecule has 0 amide bonds. The third-order valence-corrected chi connectivity index (χ3v) is 3.81. The molecule has 76 valence electrons. The predicted molar refractivity (Wildman–Crippen MR) is 54.9 cm³/mol. The summed E-state index contributed by atoms with van der Waals surface area (Å²) in [5, 5.41) is 0. The summed E-state index contributed by atoms with van der Waals surface area (Å²) in [6, 6.07) is 0. The number of hydrogen-bond donors (Lipinski definition) is 1. The lowest BCUT2D eigenvalue weighted by molar-refractivity contribution is 0.148. The van der Waals surface area contributed by atoms with Gasteiger partial charge in [0.25, 0.3) is 0 Å². The van der Waals surface area contributed by atoms with Crippen LogP contribution in [0.4, 0.5) is 0 Å². The van der Waals surface area contributed by atoms with E-state index < -0.39 is 10.0 Å². The molecule has 2 saturated carbocycles. The normalized spacial score (nSPS) is 25.6. The van der Waals surface area contributed by atoms with E-state index >= 15 is 0 Å². The second-order valence-electron chi connectivity index (χ2n) is 4.55. The smallest absolute Gasteiger partial charge is 0.302 e. The summed E-state index contributed by atoms with van der Waals surface area (Å²) >= 11 is 0. The quantitative estimate of drug-likeness (QED) is 0.629. The van der Waals surface area contributed by atoms with Crippen LogP contribution in [0.3, 0.4) is 0 Å². The molecule has 2 nitrogen and oxygen atoms in total. The fourth-order valence-electron chi connectivity index (χ4n) is 2.03. The van der Waals surface area contributed by atoms with Crippen molar-refractivity contribution in [3.05, 3.63) is 0 Å². The van der Waals surface area contributed by atoms with Crippen molar-refractivity contribution in [3.63, 3.8) is 0 Å². The Bertz CT molecular complexity index is 155. The molecule has 1 unspecified atom stereocenters. The van der Waals surface area contributed by atoms with Gasteiger partial charge in [0.1, 0.15) is 0 Å². The van der Waals surface area contributed by atoms with Gasteiger partial charge < -0.3 is 9.22 Å². The molecule has 0 aromatic heterocycles. The zero-order valence-corrected chi connectivity index (χ0v) is 9.66. The van der Waals surface area contributed by atoms with Crippen LogP contribution in [0.5, 0.6) is 0 Å². The summed E-state index contributed by atoms with van der Waals surface area (Å²) in [7, 11) is -1.17. The predicted octanol–water partition coefficient (Wildman–Crippen LogP) is 1.35. The van der Waals surface area contributed by atoms with Gasteiger partial charge in [-0.05, 0) is 31.1 Å². The molecule has 0 radical (unpaired) electrons. The molecule has 3 heteroatoms. The Kier molecular flexibility index (Phi) is 3.41. The average Bonchev–Trinajstić information content (AvgIpc) is 2.98. The third kappa shape index (κ3) is 3.41. The van der Waals surface area contributed by atoms with Crippen LogP contribution in [0.15, 0.2) is 0 Å². The highest BCUT2D eigenvalue weighted by molar-refractivity contribution is 6.15. The topological polar surface area (TPSA) is 29.5 Å². The fraction of sp³-hybridized carbons (Fsp3) is 1.00. The Morgan fingerprint density at radius 3 is 2.62 bits per heavy atom. The highest BCUT2D eigenvalue weighted by atomic mass is 28.2. The zero-order valence-electron chi connectivity index (χ0n) is 8.24. The molecule has 2 rings (SSSR count). The lowest BCUT2D eigenvalue weighted by Gasteiger charge is -2.15. The van der Waals surface area contributed by atoms with Crippen LogP contribution in [0.1, 0.15) is 44.9 Å². The largest absolute Gasteiger partial charge is 0.415 e. The summed E-state index contributed by atoms with van der Waals surface area (Å²) in [6.45, 7) is 0. The van der Waals surface area contributed by atoms with Crippen molar-refractivity contribution in [1.29, 1.82) is 0 Å². The van der Waals surface area contributed by atoms with Crippen LogP contribution in [-0.2, 0) is 4.43 Å². The van der Waals surface area contributed by atoms with E-state index in [2.05, 4.69) is 0 Å². The molecule has 0 bridgehead atoms. The minimum atomic E-state index is -1.17. The summed E-state index contributed by atoms with van der Waals surface area (Å²) < 4.78 is 5.46. The first kappa shape index (κ1) is 9.68. The van der Waals surface area contributed by atoms with E-state index in [1.165, 1.54) is 44.9 Å². The molecule has 1 atom stereocenters. The average molecular weight is 200 g/mol. The maximum atomic E-state index is 8.85. The van der Waals surface area contributed by atoms with Gasteiger partial charge in [-0.15, -0.1) is 0 Å². The maximum absolute atomic E-state index is 8.85. The molecule has 0 saturated heterocycles. The van der Waals surface area contributed by atoms with Crippen molar-refractivity contribution in [2.45, 2.75) is 51.0 Å². The van der Waals surface area contributed by atoms with Gasteiger partial charge in [-0.3, -0.25) is 0 Å². The molecule has 2 aliphatic carbocycles. The first-order chi connectivity index (χ1) is 6.40. The van der Waals surface area contributed by atoms with Gasteiger partial charge in [-0.2, -0.15) is 0 Å². The van der Waals surface area contributed by atoms with Crippen LogP contribution in [-0.4, -0.2) is 20.9 Å². The highest BCUT2D eigenvalue weighted by Gasteiger charge is 2.31. The first-order valence-electron chi connectivity index (χ1n) is 5.62. The maximum Gasteiger partial charge on any atom is 0.302 e. The molecule has 0 aliphatic heterocycles. The Labute approximate surface area is 82.7 Å². The molecule has 0 aromatic rings. The Morgan fingerprint density at radius 1 is 1.31 bits per heavy atom. The van der Waals surface area contributed by atoms with Crippen molar-refractivity contribution in [2.24, 2.45) is 11.8 Å². The third-order valence-electron chi connectivity index (χ3n) is 3.23. The second-order valence-corrected chi connectivity index (χ2v) is 5.14. The lowest BCUT2D eigenvalue weighted by Crippen LogP contribution is -2.17. The van der Waals surface area contributed by atoms with E-state index in [0.29, 0.717) is 6.10 Å². The SMILES string of the molecule is O[SiH2]OC(CCCC1CC1)C1CC1. The van der Waals surface area contributed by atoms with Crippen molar-refractivity contribution in [2.75, 3.05) is 0 Å². The minimum absolute atomic E-state index is 0.426. The van der Waals surface area contributed by atoms with Gasteiger partial charge in [0.15, 0.2) is 0 Å². The second kappa shape index (κ2) is 4.58. The van der Waals surface area contributed by atoms with Crippen molar-refractivity contribution in [3.8, 4) is 0 Å². The lowest BCUT2D eigenvalue weighted by atomic mass is 10.1. The van der Waals surface area contributed by atoms with E-state index in [1.54, 1.807) is 0 Å². The van der Waals surface area contributed by atoms with Crippen molar-refractivity contribution in [1.82, 2.24) is 0 Å². The van der Waals surface area contributed by atoms with E-state index in [4.69, 9.17) is 9.22 Å². The van der Waals surface area contributed by atoms with E-state index in [9.17, 15) is 0 Å². The summed E-state index contributed by atoms with van der Waals surface area (Å²) in [5.74, 6) is 1.85. The molecule has 1 N–H and O–H groups in total. The van der Waals surface area contributed by atoms with Gasteiger partial charge in [0.05, 0.1) is 0 Å². The van der Waals surface area contributed by atoms with Crippen molar-refractivity contribution >= 4 is 10.0 Å². The highest BCUT2D eigenvalue weighted by Crippen LogP contribution is 2.38. The molecule has 2 fully saturated rings.